The third kappa shape index (κ3) is 3.93. The molecule has 1 aromatic heterocycles. The Morgan fingerprint density at radius 2 is 1.95 bits per heavy atom. The summed E-state index contributed by atoms with van der Waals surface area (Å²) in [7, 11) is 0. The van der Waals surface area contributed by atoms with Crippen LogP contribution in [-0.4, -0.2) is 34.3 Å². The lowest BCUT2D eigenvalue weighted by Crippen LogP contribution is -2.36. The highest BCUT2D eigenvalue weighted by Crippen LogP contribution is 2.21. The Labute approximate surface area is 127 Å². The average Bonchev–Trinajstić information content (AvgIpc) is 2.97. The van der Waals surface area contributed by atoms with Gasteiger partial charge in [0.2, 0.25) is 0 Å². The van der Waals surface area contributed by atoms with Gasteiger partial charge in [-0.25, -0.2) is 4.68 Å². The second kappa shape index (κ2) is 7.38. The third-order valence-corrected chi connectivity index (χ3v) is 3.68. The summed E-state index contributed by atoms with van der Waals surface area (Å²) in [6.07, 6.45) is 4.03. The van der Waals surface area contributed by atoms with Crippen LogP contribution in [0, 0.1) is 5.92 Å². The molecule has 114 valence electrons. The van der Waals surface area contributed by atoms with Crippen LogP contribution in [0.3, 0.4) is 0 Å². The van der Waals surface area contributed by atoms with Gasteiger partial charge in [0.1, 0.15) is 0 Å². The van der Waals surface area contributed by atoms with Crippen LogP contribution < -0.4 is 5.73 Å². The lowest BCUT2D eigenvalue weighted by molar-refractivity contribution is 0.189. The molecule has 0 bridgehead atoms. The topological polar surface area (TPSA) is 47.1 Å². The first kappa shape index (κ1) is 15.7. The van der Waals surface area contributed by atoms with Crippen LogP contribution in [0.5, 0.6) is 0 Å². The molecule has 0 aliphatic heterocycles. The Bertz CT molecular complexity index is 533. The van der Waals surface area contributed by atoms with E-state index >= 15 is 0 Å². The van der Waals surface area contributed by atoms with Crippen LogP contribution in [0.2, 0.25) is 0 Å². The largest absolute Gasteiger partial charge is 0.329 e. The number of hydrogen-bond donors (Lipinski definition) is 1. The average molecular weight is 286 g/mol. The number of likely N-dealkylation sites (N-methyl/N-ethyl adjacent to an activating group) is 1. The van der Waals surface area contributed by atoms with E-state index in [2.05, 4.69) is 49.1 Å². The number of hydrogen-bond acceptors (Lipinski definition) is 3. The Morgan fingerprint density at radius 1 is 1.24 bits per heavy atom. The van der Waals surface area contributed by atoms with E-state index in [1.165, 1.54) is 5.56 Å². The van der Waals surface area contributed by atoms with Gasteiger partial charge in [-0.3, -0.25) is 4.90 Å². The first-order valence-corrected chi connectivity index (χ1v) is 7.69. The van der Waals surface area contributed by atoms with Crippen molar-refractivity contribution in [2.75, 3.05) is 19.6 Å². The number of aromatic nitrogens is 2. The molecule has 0 fully saturated rings. The Kier molecular flexibility index (Phi) is 5.53. The van der Waals surface area contributed by atoms with Gasteiger partial charge in [-0.15, -0.1) is 0 Å². The molecule has 0 radical (unpaired) electrons. The maximum absolute atomic E-state index is 6.03. The van der Waals surface area contributed by atoms with Crippen molar-refractivity contribution in [2.45, 2.75) is 26.8 Å². The van der Waals surface area contributed by atoms with Crippen molar-refractivity contribution in [3.8, 4) is 5.69 Å². The molecule has 1 heterocycles. The van der Waals surface area contributed by atoms with Gasteiger partial charge < -0.3 is 5.73 Å². The second-order valence-corrected chi connectivity index (χ2v) is 5.79. The monoisotopic (exact) mass is 286 g/mol. The van der Waals surface area contributed by atoms with Crippen LogP contribution >= 0.6 is 0 Å². The van der Waals surface area contributed by atoms with Crippen molar-refractivity contribution in [1.82, 2.24) is 14.7 Å². The molecule has 0 spiro atoms. The van der Waals surface area contributed by atoms with E-state index in [4.69, 9.17) is 5.73 Å². The van der Waals surface area contributed by atoms with Gasteiger partial charge in [-0.1, -0.05) is 39.0 Å². The van der Waals surface area contributed by atoms with Crippen molar-refractivity contribution in [1.29, 1.82) is 0 Å². The fourth-order valence-electron chi connectivity index (χ4n) is 2.67. The summed E-state index contributed by atoms with van der Waals surface area (Å²) in [5, 5.41) is 4.49. The van der Waals surface area contributed by atoms with Crippen LogP contribution in [0.4, 0.5) is 0 Å². The van der Waals surface area contributed by atoms with Crippen LogP contribution in [0.25, 0.3) is 5.69 Å². The molecule has 2 N–H and O–H groups in total. The zero-order valence-electron chi connectivity index (χ0n) is 13.2. The zero-order valence-corrected chi connectivity index (χ0v) is 13.2. The smallest absolute Gasteiger partial charge is 0.0645 e. The van der Waals surface area contributed by atoms with E-state index in [9.17, 15) is 0 Å². The molecule has 1 aromatic carbocycles. The summed E-state index contributed by atoms with van der Waals surface area (Å²) >= 11 is 0. The van der Waals surface area contributed by atoms with Gasteiger partial charge in [0.15, 0.2) is 0 Å². The van der Waals surface area contributed by atoms with Crippen molar-refractivity contribution in [3.63, 3.8) is 0 Å². The lowest BCUT2D eigenvalue weighted by Gasteiger charge is -2.30. The van der Waals surface area contributed by atoms with Crippen molar-refractivity contribution in [3.05, 3.63) is 48.3 Å². The number of nitrogens with zero attached hydrogens (tertiary/aromatic N) is 3. The number of nitrogens with two attached hydrogens (primary N) is 1. The van der Waals surface area contributed by atoms with Gasteiger partial charge in [-0.05, 0) is 24.6 Å². The molecule has 4 heteroatoms. The third-order valence-electron chi connectivity index (χ3n) is 3.68. The van der Waals surface area contributed by atoms with E-state index < -0.39 is 0 Å². The summed E-state index contributed by atoms with van der Waals surface area (Å²) < 4.78 is 1.92. The highest BCUT2D eigenvalue weighted by atomic mass is 15.3. The van der Waals surface area contributed by atoms with E-state index in [1.807, 2.05) is 29.1 Å². The zero-order chi connectivity index (χ0) is 15.2. The molecule has 1 unspecified atom stereocenters. The van der Waals surface area contributed by atoms with Gasteiger partial charge >= 0.3 is 0 Å². The fraction of sp³-hybridized carbons (Fsp3) is 0.471. The summed E-state index contributed by atoms with van der Waals surface area (Å²) in [6, 6.07) is 10.4. The van der Waals surface area contributed by atoms with E-state index in [0.717, 1.165) is 18.8 Å². The second-order valence-electron chi connectivity index (χ2n) is 5.79. The van der Waals surface area contributed by atoms with E-state index in [1.54, 1.807) is 0 Å². The molecule has 0 amide bonds. The molecule has 2 rings (SSSR count). The Hall–Kier alpha value is -1.65. The SMILES string of the molecule is CCN(CC(C)C)C(CN)c1cnn(-c2ccccc2)c1. The van der Waals surface area contributed by atoms with E-state index in [-0.39, 0.29) is 6.04 Å². The minimum Gasteiger partial charge on any atom is -0.329 e. The molecular formula is C17H26N4. The molecule has 1 atom stereocenters. The van der Waals surface area contributed by atoms with Gasteiger partial charge in [-0.2, -0.15) is 5.10 Å². The summed E-state index contributed by atoms with van der Waals surface area (Å²) in [4.78, 5) is 2.43. The van der Waals surface area contributed by atoms with E-state index in [0.29, 0.717) is 12.5 Å². The maximum atomic E-state index is 6.03. The molecule has 0 saturated heterocycles. The molecule has 0 aliphatic carbocycles. The molecule has 0 saturated carbocycles. The Balaban J connectivity index is 2.21. The number of benzene rings is 1. The van der Waals surface area contributed by atoms with Gasteiger partial charge in [0.05, 0.1) is 17.9 Å². The van der Waals surface area contributed by atoms with Crippen LogP contribution in [-0.2, 0) is 0 Å². The predicted octanol–water partition coefficient (Wildman–Crippen LogP) is 2.85. The fourth-order valence-corrected chi connectivity index (χ4v) is 2.67. The lowest BCUT2D eigenvalue weighted by atomic mass is 10.1. The normalized spacial score (nSPS) is 13.0. The Morgan fingerprint density at radius 3 is 2.52 bits per heavy atom. The molecule has 2 aromatic rings. The van der Waals surface area contributed by atoms with Crippen molar-refractivity contribution >= 4 is 0 Å². The summed E-state index contributed by atoms with van der Waals surface area (Å²) in [5.41, 5.74) is 8.29. The summed E-state index contributed by atoms with van der Waals surface area (Å²) in [5.74, 6) is 0.628. The maximum Gasteiger partial charge on any atom is 0.0645 e. The van der Waals surface area contributed by atoms with Crippen molar-refractivity contribution < 1.29 is 0 Å². The number of rotatable bonds is 7. The first-order chi connectivity index (χ1) is 10.2. The molecule has 4 nitrogen and oxygen atoms in total. The quantitative estimate of drug-likeness (QED) is 0.851. The highest BCUT2D eigenvalue weighted by molar-refractivity contribution is 5.31. The molecular weight excluding hydrogens is 260 g/mol. The number of para-hydroxylation sites is 1. The molecule has 0 aliphatic rings. The first-order valence-electron chi connectivity index (χ1n) is 7.69. The predicted molar refractivity (Wildman–Crippen MR) is 87.4 cm³/mol. The van der Waals surface area contributed by atoms with Crippen LogP contribution in [0.1, 0.15) is 32.4 Å². The standard InChI is InChI=1S/C17H26N4/c1-4-20(12-14(2)3)17(10-18)15-11-19-21(13-15)16-8-6-5-7-9-16/h5-9,11,13-14,17H,4,10,12,18H2,1-3H3. The summed E-state index contributed by atoms with van der Waals surface area (Å²) in [6.45, 7) is 9.33. The van der Waals surface area contributed by atoms with Gasteiger partial charge in [0, 0.05) is 24.8 Å². The van der Waals surface area contributed by atoms with Crippen LogP contribution in [0.15, 0.2) is 42.7 Å². The molecule has 21 heavy (non-hydrogen) atoms. The minimum absolute atomic E-state index is 0.231. The van der Waals surface area contributed by atoms with Crippen molar-refractivity contribution in [2.24, 2.45) is 11.7 Å². The minimum atomic E-state index is 0.231. The van der Waals surface area contributed by atoms with Gasteiger partial charge in [0.25, 0.3) is 0 Å². The highest BCUT2D eigenvalue weighted by Gasteiger charge is 2.20.